The molecule has 24 heavy (non-hydrogen) atoms. The zero-order chi connectivity index (χ0) is 17.7. The molecule has 5 nitrogen and oxygen atoms in total. The summed E-state index contributed by atoms with van der Waals surface area (Å²) >= 11 is 0. The number of benzene rings is 1. The van der Waals surface area contributed by atoms with Gasteiger partial charge in [0.2, 0.25) is 0 Å². The van der Waals surface area contributed by atoms with Crippen LogP contribution < -0.4 is 5.32 Å². The lowest BCUT2D eigenvalue weighted by atomic mass is 9.95. The zero-order valence-corrected chi connectivity index (χ0v) is 14.2. The highest BCUT2D eigenvalue weighted by Gasteiger charge is 2.39. The number of phenolic OH excluding ortho intramolecular Hbond substituents is 1. The molecule has 130 valence electrons. The molecule has 1 heterocycles. The summed E-state index contributed by atoms with van der Waals surface area (Å²) in [7, 11) is 0. The third kappa shape index (κ3) is 4.16. The lowest BCUT2D eigenvalue weighted by Crippen LogP contribution is -2.31. The van der Waals surface area contributed by atoms with E-state index in [1.54, 1.807) is 24.3 Å². The molecule has 0 saturated carbocycles. The molecule has 0 aromatic heterocycles. The van der Waals surface area contributed by atoms with Crippen LogP contribution in [0.2, 0.25) is 0 Å². The summed E-state index contributed by atoms with van der Waals surface area (Å²) < 4.78 is 0. The van der Waals surface area contributed by atoms with Gasteiger partial charge in [-0.05, 0) is 24.1 Å². The molecule has 1 aliphatic heterocycles. The van der Waals surface area contributed by atoms with Crippen molar-refractivity contribution < 1.29 is 19.8 Å². The number of aliphatic hydroxyl groups excluding tert-OH is 1. The van der Waals surface area contributed by atoms with Gasteiger partial charge < -0.3 is 15.5 Å². The average Bonchev–Trinajstić information content (AvgIpc) is 2.83. The molecule has 0 aliphatic carbocycles. The van der Waals surface area contributed by atoms with E-state index >= 15 is 0 Å². The molecule has 1 amide bonds. The highest BCUT2D eigenvalue weighted by molar-refractivity contribution is 6.26. The Morgan fingerprint density at radius 2 is 1.88 bits per heavy atom. The van der Waals surface area contributed by atoms with Gasteiger partial charge in [0.1, 0.15) is 17.1 Å². The van der Waals surface area contributed by atoms with Crippen LogP contribution in [0.5, 0.6) is 5.75 Å². The van der Waals surface area contributed by atoms with E-state index in [-0.39, 0.29) is 28.8 Å². The lowest BCUT2D eigenvalue weighted by Gasteiger charge is -2.12. The molecule has 1 aromatic carbocycles. The van der Waals surface area contributed by atoms with Crippen molar-refractivity contribution in [2.24, 2.45) is 5.92 Å². The Bertz CT molecular complexity index is 633. The van der Waals surface area contributed by atoms with E-state index in [9.17, 15) is 19.8 Å². The van der Waals surface area contributed by atoms with Gasteiger partial charge in [-0.2, -0.15) is 0 Å². The summed E-state index contributed by atoms with van der Waals surface area (Å²) in [5.41, 5.74) is 0.742. The van der Waals surface area contributed by atoms with Crippen LogP contribution >= 0.6 is 0 Å². The van der Waals surface area contributed by atoms with E-state index in [4.69, 9.17) is 0 Å². The van der Waals surface area contributed by atoms with Gasteiger partial charge in [0, 0.05) is 12.3 Å². The number of ketones is 1. The zero-order valence-electron chi connectivity index (χ0n) is 14.2. The Morgan fingerprint density at radius 1 is 1.21 bits per heavy atom. The fourth-order valence-corrected chi connectivity index (χ4v) is 2.92. The van der Waals surface area contributed by atoms with Gasteiger partial charge >= 0.3 is 0 Å². The average molecular weight is 331 g/mol. The number of aliphatic hydroxyl groups is 1. The number of allylic oxidation sites excluding steroid dienone is 1. The van der Waals surface area contributed by atoms with Crippen molar-refractivity contribution >= 4 is 11.7 Å². The van der Waals surface area contributed by atoms with E-state index in [1.807, 2.05) is 6.92 Å². The summed E-state index contributed by atoms with van der Waals surface area (Å²) in [6.45, 7) is 3.94. The number of hydrogen-bond donors (Lipinski definition) is 3. The van der Waals surface area contributed by atoms with Crippen LogP contribution in [-0.4, -0.2) is 27.9 Å². The van der Waals surface area contributed by atoms with Crippen LogP contribution in [0.25, 0.3) is 0 Å². The number of amides is 1. The van der Waals surface area contributed by atoms with E-state index in [1.165, 1.54) is 0 Å². The topological polar surface area (TPSA) is 86.6 Å². The quantitative estimate of drug-likeness (QED) is 0.310. The molecule has 1 saturated heterocycles. The number of rotatable bonds is 7. The Morgan fingerprint density at radius 3 is 2.50 bits per heavy atom. The Hall–Kier alpha value is -2.30. The van der Waals surface area contributed by atoms with E-state index in [0.29, 0.717) is 6.42 Å². The maximum atomic E-state index is 12.5. The molecule has 1 unspecified atom stereocenters. The molecule has 5 heteroatoms. The lowest BCUT2D eigenvalue weighted by molar-refractivity contribution is -0.117. The smallest absolute Gasteiger partial charge is 0.259 e. The maximum Gasteiger partial charge on any atom is 0.259 e. The van der Waals surface area contributed by atoms with Crippen molar-refractivity contribution in [3.8, 4) is 5.75 Å². The first-order valence-corrected chi connectivity index (χ1v) is 8.50. The predicted molar refractivity (Wildman–Crippen MR) is 91.7 cm³/mol. The summed E-state index contributed by atoms with van der Waals surface area (Å²) in [5, 5.41) is 22.3. The fraction of sp³-hybridized carbons (Fsp3) is 0.474. The second kappa shape index (κ2) is 7.99. The molecular formula is C19H25NO4. The van der Waals surface area contributed by atoms with E-state index in [2.05, 4.69) is 12.2 Å². The number of carbonyl (C=O) groups excluding carboxylic acids is 2. The van der Waals surface area contributed by atoms with Crippen molar-refractivity contribution in [1.82, 2.24) is 5.32 Å². The number of unbranched alkanes of at least 4 members (excludes halogenated alkanes) is 2. The summed E-state index contributed by atoms with van der Waals surface area (Å²) in [6, 6.07) is 5.84. The summed E-state index contributed by atoms with van der Waals surface area (Å²) in [4.78, 5) is 24.6. The van der Waals surface area contributed by atoms with E-state index in [0.717, 1.165) is 31.2 Å². The first kappa shape index (κ1) is 18.0. The van der Waals surface area contributed by atoms with Gasteiger partial charge in [0.25, 0.3) is 5.91 Å². The number of hydrogen-bond acceptors (Lipinski definition) is 4. The summed E-state index contributed by atoms with van der Waals surface area (Å²) in [6.07, 6.45) is 4.20. The highest BCUT2D eigenvalue weighted by Crippen LogP contribution is 2.24. The van der Waals surface area contributed by atoms with Crippen LogP contribution in [0.1, 0.15) is 45.1 Å². The molecule has 1 aliphatic rings. The number of carbonyl (C=O) groups is 2. The SMILES string of the molecule is CCCCCC(C)/C(O)=C1\C(=O)N[C@@H](Cc2ccc(O)cc2)C1=O. The molecule has 0 bridgehead atoms. The van der Waals surface area contributed by atoms with Crippen molar-refractivity contribution in [2.45, 2.75) is 52.0 Å². The highest BCUT2D eigenvalue weighted by atomic mass is 16.3. The standard InChI is InChI=1S/C19H25NO4/c1-3-4-5-6-12(2)17(22)16-18(23)15(20-19(16)24)11-13-7-9-14(21)10-8-13/h7-10,12,15,21-22H,3-6,11H2,1-2H3,(H,20,24)/b17-16+/t12?,15-/m0/s1. The van der Waals surface area contributed by atoms with Crippen LogP contribution in [0.15, 0.2) is 35.6 Å². The molecule has 2 atom stereocenters. The Labute approximate surface area is 142 Å². The number of Topliss-reactive ketones (excluding diaryl/α,β-unsaturated/α-hetero) is 1. The number of nitrogens with one attached hydrogen (secondary N) is 1. The first-order chi connectivity index (χ1) is 11.4. The predicted octanol–water partition coefficient (Wildman–Crippen LogP) is 3.03. The van der Waals surface area contributed by atoms with Crippen LogP contribution in [0.3, 0.4) is 0 Å². The van der Waals surface area contributed by atoms with E-state index < -0.39 is 11.9 Å². The van der Waals surface area contributed by atoms with Crippen molar-refractivity contribution in [3.05, 3.63) is 41.2 Å². The Balaban J connectivity index is 2.09. The molecule has 1 aromatic rings. The molecule has 2 rings (SSSR count). The van der Waals surface area contributed by atoms with Crippen molar-refractivity contribution in [2.75, 3.05) is 0 Å². The van der Waals surface area contributed by atoms with Crippen LogP contribution in [0.4, 0.5) is 0 Å². The number of phenols is 1. The second-order valence-corrected chi connectivity index (χ2v) is 6.42. The second-order valence-electron chi connectivity index (χ2n) is 6.42. The largest absolute Gasteiger partial charge is 0.511 e. The molecule has 0 radical (unpaired) electrons. The monoisotopic (exact) mass is 331 g/mol. The van der Waals surface area contributed by atoms with Crippen molar-refractivity contribution in [1.29, 1.82) is 0 Å². The third-order valence-electron chi connectivity index (χ3n) is 4.44. The maximum absolute atomic E-state index is 12.5. The van der Waals surface area contributed by atoms with Gasteiger partial charge in [0.05, 0.1) is 6.04 Å². The summed E-state index contributed by atoms with van der Waals surface area (Å²) in [5.74, 6) is -0.994. The van der Waals surface area contributed by atoms with Gasteiger partial charge in [0.15, 0.2) is 5.78 Å². The normalized spacial score (nSPS) is 20.8. The first-order valence-electron chi connectivity index (χ1n) is 8.50. The third-order valence-corrected chi connectivity index (χ3v) is 4.44. The van der Waals surface area contributed by atoms with Gasteiger partial charge in [-0.3, -0.25) is 9.59 Å². The fourth-order valence-electron chi connectivity index (χ4n) is 2.92. The van der Waals surface area contributed by atoms with Gasteiger partial charge in [-0.15, -0.1) is 0 Å². The molecule has 1 fully saturated rings. The van der Waals surface area contributed by atoms with Gasteiger partial charge in [-0.25, -0.2) is 0 Å². The molecule has 3 N–H and O–H groups in total. The minimum atomic E-state index is -0.665. The van der Waals surface area contributed by atoms with Crippen molar-refractivity contribution in [3.63, 3.8) is 0 Å². The number of aromatic hydroxyl groups is 1. The minimum absolute atomic E-state index is 0.0947. The molecule has 0 spiro atoms. The van der Waals surface area contributed by atoms with Crippen LogP contribution in [-0.2, 0) is 16.0 Å². The van der Waals surface area contributed by atoms with Gasteiger partial charge in [-0.1, -0.05) is 45.2 Å². The van der Waals surface area contributed by atoms with Crippen LogP contribution in [0, 0.1) is 5.92 Å². The Kier molecular flexibility index (Phi) is 6.01. The molecular weight excluding hydrogens is 306 g/mol. The minimum Gasteiger partial charge on any atom is -0.511 e.